The van der Waals surface area contributed by atoms with Gasteiger partial charge in [-0.25, -0.2) is 0 Å². The summed E-state index contributed by atoms with van der Waals surface area (Å²) in [6, 6.07) is 7.44. The molecule has 0 aliphatic carbocycles. The Balaban J connectivity index is 1.82. The first-order chi connectivity index (χ1) is 13.0. The Morgan fingerprint density at radius 3 is 2.67 bits per heavy atom. The molecule has 1 aliphatic heterocycles. The maximum Gasteiger partial charge on any atom is 0.244 e. The quantitative estimate of drug-likeness (QED) is 0.850. The van der Waals surface area contributed by atoms with Crippen LogP contribution in [-0.4, -0.2) is 35.6 Å². The number of nitrogens with zero attached hydrogens (tertiary/aromatic N) is 2. The monoisotopic (exact) mass is 369 g/mol. The smallest absolute Gasteiger partial charge is 0.244 e. The number of methoxy groups -OCH3 is 1. The Morgan fingerprint density at radius 1 is 1.22 bits per heavy atom. The van der Waals surface area contributed by atoms with E-state index in [-0.39, 0.29) is 23.6 Å². The molecule has 6 nitrogen and oxygen atoms in total. The predicted octanol–water partition coefficient (Wildman–Crippen LogP) is 2.71. The largest absolute Gasteiger partial charge is 0.491 e. The molecule has 0 radical (unpaired) electrons. The van der Waals surface area contributed by atoms with Crippen LogP contribution >= 0.6 is 0 Å². The summed E-state index contributed by atoms with van der Waals surface area (Å²) in [5.74, 6) is 0.122. The van der Waals surface area contributed by atoms with Crippen LogP contribution < -0.4 is 15.5 Å². The van der Waals surface area contributed by atoms with E-state index >= 15 is 0 Å². The fourth-order valence-corrected chi connectivity index (χ4v) is 3.43. The topological polar surface area (TPSA) is 63.6 Å². The van der Waals surface area contributed by atoms with Crippen molar-refractivity contribution in [2.45, 2.75) is 39.8 Å². The minimum absolute atomic E-state index is 0.128. The van der Waals surface area contributed by atoms with Gasteiger partial charge in [0.05, 0.1) is 13.3 Å². The summed E-state index contributed by atoms with van der Waals surface area (Å²) < 4.78 is 6.99. The number of likely N-dealkylation sites (tertiary alicyclic amines) is 1. The third-order valence-electron chi connectivity index (χ3n) is 5.18. The fourth-order valence-electron chi connectivity index (χ4n) is 3.43. The summed E-state index contributed by atoms with van der Waals surface area (Å²) in [6.07, 6.45) is 3.98. The molecule has 0 unspecified atom stereocenters. The van der Waals surface area contributed by atoms with E-state index in [2.05, 4.69) is 10.2 Å². The molecule has 27 heavy (non-hydrogen) atoms. The van der Waals surface area contributed by atoms with Crippen molar-refractivity contribution in [3.63, 3.8) is 0 Å². The number of carbonyl (C=O) groups is 1. The molecule has 3 rings (SSSR count). The number of benzene rings is 1. The van der Waals surface area contributed by atoms with Gasteiger partial charge in [0.2, 0.25) is 11.3 Å². The van der Waals surface area contributed by atoms with E-state index in [0.717, 1.165) is 35.6 Å². The van der Waals surface area contributed by atoms with Gasteiger partial charge in [0, 0.05) is 24.0 Å². The first kappa shape index (κ1) is 19.2. The van der Waals surface area contributed by atoms with Crippen molar-refractivity contribution in [1.82, 2.24) is 9.47 Å². The molecule has 6 heteroatoms. The summed E-state index contributed by atoms with van der Waals surface area (Å²) in [7, 11) is 1.47. The lowest BCUT2D eigenvalue weighted by Gasteiger charge is -2.20. The summed E-state index contributed by atoms with van der Waals surface area (Å²) in [4.78, 5) is 27.2. The van der Waals surface area contributed by atoms with Crippen molar-refractivity contribution in [2.75, 3.05) is 25.5 Å². The van der Waals surface area contributed by atoms with Gasteiger partial charge in [0.1, 0.15) is 6.54 Å². The highest BCUT2D eigenvalue weighted by molar-refractivity contribution is 5.91. The normalized spacial score (nSPS) is 14.3. The standard InChI is InChI=1S/C21H27N3O3/c1-15-7-6-8-18(16(15)2)22-21(26)14-24-13-20(27-3)19(25)11-17(24)12-23-9-4-5-10-23/h6-8,11,13H,4-5,9-10,12,14H2,1-3H3,(H,22,26). The van der Waals surface area contributed by atoms with Crippen LogP contribution in [0.5, 0.6) is 5.75 Å². The molecule has 2 aromatic rings. The average Bonchev–Trinajstić information content (AvgIpc) is 3.14. The lowest BCUT2D eigenvalue weighted by molar-refractivity contribution is -0.116. The molecule has 1 saturated heterocycles. The number of aryl methyl sites for hydroxylation is 1. The molecule has 1 fully saturated rings. The number of hydrogen-bond acceptors (Lipinski definition) is 4. The first-order valence-corrected chi connectivity index (χ1v) is 9.33. The zero-order valence-corrected chi connectivity index (χ0v) is 16.2. The molecule has 0 atom stereocenters. The average molecular weight is 369 g/mol. The minimum atomic E-state index is -0.155. The maximum absolute atomic E-state index is 12.7. The Morgan fingerprint density at radius 2 is 1.96 bits per heavy atom. The third-order valence-corrected chi connectivity index (χ3v) is 5.18. The molecule has 1 N–H and O–H groups in total. The Hall–Kier alpha value is -2.60. The van der Waals surface area contributed by atoms with Gasteiger partial charge in [0.25, 0.3) is 0 Å². The van der Waals surface area contributed by atoms with Crippen LogP contribution in [0.25, 0.3) is 0 Å². The van der Waals surface area contributed by atoms with Crippen LogP contribution in [0.4, 0.5) is 5.69 Å². The molecule has 1 aromatic carbocycles. The minimum Gasteiger partial charge on any atom is -0.491 e. The van der Waals surface area contributed by atoms with Gasteiger partial charge in [-0.05, 0) is 57.0 Å². The second kappa shape index (κ2) is 8.39. The Kier molecular flexibility index (Phi) is 5.96. The zero-order valence-electron chi connectivity index (χ0n) is 16.2. The second-order valence-corrected chi connectivity index (χ2v) is 7.10. The number of rotatable bonds is 6. The van der Waals surface area contributed by atoms with E-state index in [1.54, 1.807) is 12.3 Å². The number of hydrogen-bond donors (Lipinski definition) is 1. The number of carbonyl (C=O) groups excluding carboxylic acids is 1. The number of pyridine rings is 1. The van der Waals surface area contributed by atoms with Crippen LogP contribution in [0, 0.1) is 13.8 Å². The van der Waals surface area contributed by atoms with Crippen molar-refractivity contribution < 1.29 is 9.53 Å². The molecule has 1 aliphatic rings. The van der Waals surface area contributed by atoms with Crippen molar-refractivity contribution >= 4 is 11.6 Å². The molecule has 0 saturated carbocycles. The van der Waals surface area contributed by atoms with Crippen molar-refractivity contribution in [1.29, 1.82) is 0 Å². The summed E-state index contributed by atoms with van der Waals surface area (Å²) >= 11 is 0. The van der Waals surface area contributed by atoms with Gasteiger partial charge in [-0.1, -0.05) is 12.1 Å². The second-order valence-electron chi connectivity index (χ2n) is 7.10. The lowest BCUT2D eigenvalue weighted by Crippen LogP contribution is -2.27. The highest BCUT2D eigenvalue weighted by atomic mass is 16.5. The Bertz CT molecular complexity index is 883. The van der Waals surface area contributed by atoms with Crippen LogP contribution in [-0.2, 0) is 17.9 Å². The van der Waals surface area contributed by atoms with Crippen LogP contribution in [0.3, 0.4) is 0 Å². The number of ether oxygens (including phenoxy) is 1. The number of aromatic nitrogens is 1. The van der Waals surface area contributed by atoms with E-state index in [9.17, 15) is 9.59 Å². The molecule has 1 amide bonds. The number of amides is 1. The van der Waals surface area contributed by atoms with Crippen molar-refractivity contribution in [3.05, 3.63) is 57.5 Å². The number of nitrogens with one attached hydrogen (secondary N) is 1. The van der Waals surface area contributed by atoms with E-state index in [1.807, 2.05) is 36.6 Å². The molecule has 1 aromatic heterocycles. The molecule has 0 bridgehead atoms. The van der Waals surface area contributed by atoms with Gasteiger partial charge in [-0.3, -0.25) is 14.5 Å². The van der Waals surface area contributed by atoms with Gasteiger partial charge >= 0.3 is 0 Å². The maximum atomic E-state index is 12.7. The van der Waals surface area contributed by atoms with Gasteiger partial charge in [-0.2, -0.15) is 0 Å². The van der Waals surface area contributed by atoms with Gasteiger partial charge in [0.15, 0.2) is 5.75 Å². The highest BCUT2D eigenvalue weighted by Gasteiger charge is 2.17. The lowest BCUT2D eigenvalue weighted by atomic mass is 10.1. The molecular weight excluding hydrogens is 342 g/mol. The van der Waals surface area contributed by atoms with E-state index in [1.165, 1.54) is 20.0 Å². The van der Waals surface area contributed by atoms with Crippen molar-refractivity contribution in [3.8, 4) is 5.75 Å². The number of anilines is 1. The first-order valence-electron chi connectivity index (χ1n) is 9.33. The van der Waals surface area contributed by atoms with Crippen LogP contribution in [0.2, 0.25) is 0 Å². The Labute approximate surface area is 159 Å². The molecule has 144 valence electrons. The van der Waals surface area contributed by atoms with Crippen LogP contribution in [0.15, 0.2) is 35.3 Å². The molecule has 2 heterocycles. The van der Waals surface area contributed by atoms with E-state index < -0.39 is 0 Å². The zero-order chi connectivity index (χ0) is 19.4. The SMILES string of the molecule is COc1cn(CC(=O)Nc2cccc(C)c2C)c(CN2CCCC2)cc1=O. The van der Waals surface area contributed by atoms with Gasteiger partial charge in [-0.15, -0.1) is 0 Å². The summed E-state index contributed by atoms with van der Waals surface area (Å²) in [5, 5.41) is 2.98. The van der Waals surface area contributed by atoms with E-state index in [4.69, 9.17) is 4.74 Å². The predicted molar refractivity (Wildman–Crippen MR) is 106 cm³/mol. The molecule has 0 spiro atoms. The van der Waals surface area contributed by atoms with E-state index in [0.29, 0.717) is 6.54 Å². The highest BCUT2D eigenvalue weighted by Crippen LogP contribution is 2.19. The van der Waals surface area contributed by atoms with Crippen LogP contribution in [0.1, 0.15) is 29.7 Å². The third kappa shape index (κ3) is 4.57. The van der Waals surface area contributed by atoms with Gasteiger partial charge < -0.3 is 14.6 Å². The fraction of sp³-hybridized carbons (Fsp3) is 0.429. The molecular formula is C21H27N3O3. The summed E-state index contributed by atoms with van der Waals surface area (Å²) in [5.41, 5.74) is 3.68. The summed E-state index contributed by atoms with van der Waals surface area (Å²) in [6.45, 7) is 6.85. The van der Waals surface area contributed by atoms with Crippen molar-refractivity contribution in [2.24, 2.45) is 0 Å².